The molecule has 1 aromatic rings. The molecule has 3 rings (SSSR count). The number of benzene rings is 1. The minimum Gasteiger partial charge on any atom is -0.475 e. The molecule has 0 amide bonds. The quantitative estimate of drug-likeness (QED) is 0.641. The number of nitrogens with one attached hydrogen (secondary N) is 1. The Morgan fingerprint density at radius 1 is 1.25 bits per heavy atom. The largest absolute Gasteiger partial charge is 0.490 e. The van der Waals surface area contributed by atoms with E-state index in [1.54, 1.807) is 0 Å². The molecule has 2 saturated heterocycles. The van der Waals surface area contributed by atoms with Crippen molar-refractivity contribution in [1.82, 2.24) is 10.2 Å². The molecule has 0 unspecified atom stereocenters. The van der Waals surface area contributed by atoms with Gasteiger partial charge in [0, 0.05) is 29.9 Å². The lowest BCUT2D eigenvalue weighted by Gasteiger charge is -2.45. The second kappa shape index (κ2) is 11.6. The van der Waals surface area contributed by atoms with Gasteiger partial charge in [0.05, 0.1) is 18.5 Å². The Balaban J connectivity index is 0.000000451. The Morgan fingerprint density at radius 3 is 2.31 bits per heavy atom. The summed E-state index contributed by atoms with van der Waals surface area (Å²) in [6.07, 6.45) is -0.935. The zero-order chi connectivity index (χ0) is 23.9. The third-order valence-electron chi connectivity index (χ3n) is 5.30. The first-order chi connectivity index (χ1) is 14.8. The molecule has 1 aromatic carbocycles. The number of aliphatic carboxylic acids is 1. The average molecular weight is 501 g/mol. The second-order valence-electron chi connectivity index (χ2n) is 8.01. The van der Waals surface area contributed by atoms with E-state index in [0.29, 0.717) is 19.2 Å². The normalized spacial score (nSPS) is 23.3. The summed E-state index contributed by atoms with van der Waals surface area (Å²) in [5, 5.41) is 11.3. The summed E-state index contributed by atoms with van der Waals surface area (Å²) >= 11 is 5.99. The fourth-order valence-corrected chi connectivity index (χ4v) is 4.88. The van der Waals surface area contributed by atoms with Crippen molar-refractivity contribution in [2.24, 2.45) is 0 Å². The van der Waals surface area contributed by atoms with E-state index in [-0.39, 0.29) is 17.9 Å². The molecule has 2 N–H and O–H groups in total. The van der Waals surface area contributed by atoms with E-state index in [2.05, 4.69) is 22.3 Å². The molecule has 2 fully saturated rings. The average Bonchev–Trinajstić information content (AvgIpc) is 2.70. The smallest absolute Gasteiger partial charge is 0.475 e. The van der Waals surface area contributed by atoms with Gasteiger partial charge in [-0.25, -0.2) is 13.2 Å². The molecular formula is C20H28ClF3N2O5S. The third kappa shape index (κ3) is 9.22. The summed E-state index contributed by atoms with van der Waals surface area (Å²) in [4.78, 5) is 11.4. The van der Waals surface area contributed by atoms with Crippen molar-refractivity contribution in [2.75, 3.05) is 38.2 Å². The van der Waals surface area contributed by atoms with Crippen LogP contribution in [0.3, 0.4) is 0 Å². The van der Waals surface area contributed by atoms with Gasteiger partial charge in [0.15, 0.2) is 0 Å². The fraction of sp³-hybridized carbons (Fsp3) is 0.650. The highest BCUT2D eigenvalue weighted by Crippen LogP contribution is 2.24. The summed E-state index contributed by atoms with van der Waals surface area (Å²) < 4.78 is 61.0. The van der Waals surface area contributed by atoms with Crippen molar-refractivity contribution >= 4 is 27.4 Å². The Kier molecular flexibility index (Phi) is 9.77. The zero-order valence-electron chi connectivity index (χ0n) is 17.6. The van der Waals surface area contributed by atoms with Gasteiger partial charge >= 0.3 is 12.1 Å². The van der Waals surface area contributed by atoms with Crippen LogP contribution in [0.25, 0.3) is 0 Å². The molecule has 182 valence electrons. The van der Waals surface area contributed by atoms with Crippen molar-refractivity contribution in [2.45, 2.75) is 43.6 Å². The standard InChI is InChI=1S/C18H27ClN2O3S.C2HF3O2/c1-25(22,23)13-18-11-21(16-6-8-20-9-7-16)17(12-24-18)10-14-2-4-15(19)5-3-14;3-2(4,5)1(6)7/h2-5,16-18,20H,6-13H2,1H3;(H,6,7)/t17-,18+;/m0./s1. The number of halogens is 4. The first-order valence-electron chi connectivity index (χ1n) is 10.2. The SMILES string of the molecule is CS(=O)(=O)C[C@H]1CN(C2CCNCC2)[C@@H](Cc2ccc(Cl)cc2)CO1.O=C(O)C(F)(F)F. The zero-order valence-corrected chi connectivity index (χ0v) is 19.2. The predicted octanol–water partition coefficient (Wildman–Crippen LogP) is 2.38. The van der Waals surface area contributed by atoms with Crippen LogP contribution >= 0.6 is 11.6 Å². The van der Waals surface area contributed by atoms with E-state index in [4.69, 9.17) is 26.2 Å². The van der Waals surface area contributed by atoms with Gasteiger partial charge in [0.1, 0.15) is 9.84 Å². The highest BCUT2D eigenvalue weighted by molar-refractivity contribution is 7.90. The van der Waals surface area contributed by atoms with Crippen LogP contribution in [-0.4, -0.2) is 87.0 Å². The number of rotatable bonds is 5. The Labute approximate surface area is 190 Å². The van der Waals surface area contributed by atoms with Crippen LogP contribution in [-0.2, 0) is 25.8 Å². The maximum absolute atomic E-state index is 11.7. The van der Waals surface area contributed by atoms with Crippen molar-refractivity contribution in [3.05, 3.63) is 34.9 Å². The van der Waals surface area contributed by atoms with Crippen molar-refractivity contribution in [3.63, 3.8) is 0 Å². The van der Waals surface area contributed by atoms with Crippen molar-refractivity contribution in [3.8, 4) is 0 Å². The van der Waals surface area contributed by atoms with Crippen LogP contribution in [0, 0.1) is 0 Å². The van der Waals surface area contributed by atoms with Gasteiger partial charge in [-0.1, -0.05) is 23.7 Å². The Bertz CT molecular complexity index is 846. The summed E-state index contributed by atoms with van der Waals surface area (Å²) in [7, 11) is -3.04. The number of nitrogens with zero attached hydrogens (tertiary/aromatic N) is 1. The molecule has 2 aliphatic heterocycles. The van der Waals surface area contributed by atoms with Crippen LogP contribution in [0.5, 0.6) is 0 Å². The van der Waals surface area contributed by atoms with Gasteiger partial charge < -0.3 is 15.2 Å². The Hall–Kier alpha value is -1.40. The molecule has 0 spiro atoms. The van der Waals surface area contributed by atoms with E-state index < -0.39 is 22.0 Å². The van der Waals surface area contributed by atoms with Gasteiger partial charge in [-0.05, 0) is 50.0 Å². The lowest BCUT2D eigenvalue weighted by molar-refractivity contribution is -0.192. The molecular weight excluding hydrogens is 473 g/mol. The van der Waals surface area contributed by atoms with Gasteiger partial charge in [0.2, 0.25) is 0 Å². The highest BCUT2D eigenvalue weighted by atomic mass is 35.5. The number of ether oxygens (including phenoxy) is 1. The molecule has 7 nitrogen and oxygen atoms in total. The highest BCUT2D eigenvalue weighted by Gasteiger charge is 2.38. The molecule has 12 heteroatoms. The summed E-state index contributed by atoms with van der Waals surface area (Å²) in [6, 6.07) is 8.73. The van der Waals surface area contributed by atoms with E-state index in [1.165, 1.54) is 11.8 Å². The number of hydrogen-bond donors (Lipinski definition) is 2. The lowest BCUT2D eigenvalue weighted by atomic mass is 9.97. The molecule has 0 saturated carbocycles. The summed E-state index contributed by atoms with van der Waals surface area (Å²) in [5.74, 6) is -2.66. The second-order valence-corrected chi connectivity index (χ2v) is 10.6. The topological polar surface area (TPSA) is 95.9 Å². The maximum Gasteiger partial charge on any atom is 0.490 e. The van der Waals surface area contributed by atoms with Crippen molar-refractivity contribution < 1.29 is 36.2 Å². The van der Waals surface area contributed by atoms with Crippen LogP contribution in [0.2, 0.25) is 5.02 Å². The summed E-state index contributed by atoms with van der Waals surface area (Å²) in [6.45, 7) is 3.31. The molecule has 0 aliphatic carbocycles. The molecule has 0 radical (unpaired) electrons. The van der Waals surface area contributed by atoms with E-state index in [1.807, 2.05) is 12.1 Å². The molecule has 2 heterocycles. The van der Waals surface area contributed by atoms with Crippen LogP contribution < -0.4 is 5.32 Å². The maximum atomic E-state index is 11.7. The first kappa shape index (κ1) is 26.8. The number of morpholine rings is 1. The lowest BCUT2D eigenvalue weighted by Crippen LogP contribution is -2.57. The van der Waals surface area contributed by atoms with Crippen LogP contribution in [0.15, 0.2) is 24.3 Å². The molecule has 0 aromatic heterocycles. The van der Waals surface area contributed by atoms with Gasteiger partial charge in [-0.2, -0.15) is 13.2 Å². The number of carboxylic acid groups (broad SMARTS) is 1. The molecule has 32 heavy (non-hydrogen) atoms. The fourth-order valence-electron chi connectivity index (χ4n) is 3.87. The first-order valence-corrected chi connectivity index (χ1v) is 12.6. The number of carbonyl (C=O) groups is 1. The van der Waals surface area contributed by atoms with Crippen LogP contribution in [0.4, 0.5) is 13.2 Å². The van der Waals surface area contributed by atoms with E-state index in [0.717, 1.165) is 37.4 Å². The van der Waals surface area contributed by atoms with Gasteiger partial charge in [-0.3, -0.25) is 4.90 Å². The number of hydrogen-bond acceptors (Lipinski definition) is 6. The van der Waals surface area contributed by atoms with E-state index >= 15 is 0 Å². The van der Waals surface area contributed by atoms with Gasteiger partial charge in [-0.15, -0.1) is 0 Å². The summed E-state index contributed by atoms with van der Waals surface area (Å²) in [5.41, 5.74) is 1.23. The number of alkyl halides is 3. The monoisotopic (exact) mass is 500 g/mol. The van der Waals surface area contributed by atoms with Gasteiger partial charge in [0.25, 0.3) is 0 Å². The van der Waals surface area contributed by atoms with Crippen molar-refractivity contribution in [1.29, 1.82) is 0 Å². The number of carboxylic acids is 1. The number of piperidine rings is 1. The molecule has 2 atom stereocenters. The molecule has 2 aliphatic rings. The third-order valence-corrected chi connectivity index (χ3v) is 6.53. The Morgan fingerprint density at radius 2 is 1.81 bits per heavy atom. The predicted molar refractivity (Wildman–Crippen MR) is 115 cm³/mol. The minimum absolute atomic E-state index is 0.0993. The van der Waals surface area contributed by atoms with Crippen LogP contribution in [0.1, 0.15) is 18.4 Å². The van der Waals surface area contributed by atoms with E-state index in [9.17, 15) is 21.6 Å². The minimum atomic E-state index is -5.08. The number of sulfone groups is 1. The molecule has 0 bridgehead atoms.